The van der Waals surface area contributed by atoms with Gasteiger partial charge in [-0.1, -0.05) is 45.0 Å². The van der Waals surface area contributed by atoms with Gasteiger partial charge in [-0.15, -0.1) is 0 Å². The molecule has 0 radical (unpaired) electrons. The molecule has 2 aliphatic rings. The molecule has 0 N–H and O–H groups in total. The van der Waals surface area contributed by atoms with Crippen LogP contribution in [0.4, 0.5) is 0 Å². The summed E-state index contributed by atoms with van der Waals surface area (Å²) in [6, 6.07) is 8.93. The second-order valence-corrected chi connectivity index (χ2v) is 8.93. The minimum Gasteiger partial charge on any atom is -0.342 e. The Kier molecular flexibility index (Phi) is 7.70. The summed E-state index contributed by atoms with van der Waals surface area (Å²) in [4.78, 5) is 31.6. The van der Waals surface area contributed by atoms with Crippen LogP contribution in [0.5, 0.6) is 0 Å². The molecule has 1 aromatic rings. The van der Waals surface area contributed by atoms with Gasteiger partial charge in [0.1, 0.15) is 0 Å². The molecule has 160 valence electrons. The first-order chi connectivity index (χ1) is 14.0. The number of carbonyl (C=O) groups excluding carboxylic acids is 2. The Hall–Kier alpha value is -1.88. The number of benzene rings is 1. The lowest BCUT2D eigenvalue weighted by Gasteiger charge is -2.39. The fourth-order valence-corrected chi connectivity index (χ4v) is 4.43. The van der Waals surface area contributed by atoms with Crippen LogP contribution in [-0.4, -0.2) is 65.8 Å². The third kappa shape index (κ3) is 5.81. The summed E-state index contributed by atoms with van der Waals surface area (Å²) in [7, 11) is 0. The summed E-state index contributed by atoms with van der Waals surface area (Å²) in [6.07, 6.45) is 3.32. The van der Waals surface area contributed by atoms with Crippen molar-refractivity contribution in [3.8, 4) is 0 Å². The number of amides is 2. The van der Waals surface area contributed by atoms with Gasteiger partial charge in [-0.25, -0.2) is 0 Å². The molecule has 1 atom stereocenters. The van der Waals surface area contributed by atoms with Crippen molar-refractivity contribution >= 4 is 11.8 Å². The molecule has 1 aromatic carbocycles. The van der Waals surface area contributed by atoms with Crippen molar-refractivity contribution in [1.82, 2.24) is 14.7 Å². The van der Waals surface area contributed by atoms with E-state index in [1.165, 1.54) is 11.1 Å². The maximum atomic E-state index is 13.0. The molecular weight excluding hydrogens is 362 g/mol. The molecule has 0 saturated carbocycles. The number of rotatable bonds is 6. The van der Waals surface area contributed by atoms with E-state index < -0.39 is 0 Å². The molecule has 0 aliphatic carbocycles. The molecule has 5 nitrogen and oxygen atoms in total. The predicted octanol–water partition coefficient (Wildman–Crippen LogP) is 3.49. The molecule has 0 aromatic heterocycles. The first-order valence-electron chi connectivity index (χ1n) is 11.4. The van der Waals surface area contributed by atoms with E-state index in [0.29, 0.717) is 18.9 Å². The summed E-state index contributed by atoms with van der Waals surface area (Å²) in [5.74, 6) is 1.00. The van der Waals surface area contributed by atoms with E-state index in [0.717, 1.165) is 58.5 Å². The highest BCUT2D eigenvalue weighted by Gasteiger charge is 2.32. The van der Waals surface area contributed by atoms with Crippen molar-refractivity contribution in [3.63, 3.8) is 0 Å². The Morgan fingerprint density at radius 3 is 2.31 bits per heavy atom. The number of nitrogens with zero attached hydrogens (tertiary/aromatic N) is 3. The number of piperazine rings is 1. The second kappa shape index (κ2) is 10.2. The number of hydrogen-bond donors (Lipinski definition) is 0. The van der Waals surface area contributed by atoms with Gasteiger partial charge in [-0.3, -0.25) is 14.5 Å². The highest BCUT2D eigenvalue weighted by molar-refractivity contribution is 5.81. The molecule has 0 spiro atoms. The van der Waals surface area contributed by atoms with Crippen LogP contribution in [0.2, 0.25) is 0 Å². The Morgan fingerprint density at radius 2 is 1.69 bits per heavy atom. The molecular formula is C24H37N3O2. The summed E-state index contributed by atoms with van der Waals surface area (Å²) in [5, 5.41) is 0. The van der Waals surface area contributed by atoms with E-state index in [1.54, 1.807) is 0 Å². The maximum absolute atomic E-state index is 13.0. The highest BCUT2D eigenvalue weighted by atomic mass is 16.2. The fourth-order valence-electron chi connectivity index (χ4n) is 4.43. The topological polar surface area (TPSA) is 43.9 Å². The van der Waals surface area contributed by atoms with Gasteiger partial charge in [-0.2, -0.15) is 0 Å². The van der Waals surface area contributed by atoms with E-state index >= 15 is 0 Å². The van der Waals surface area contributed by atoms with E-state index in [2.05, 4.69) is 43.0 Å². The van der Waals surface area contributed by atoms with E-state index in [1.807, 2.05) is 16.7 Å². The zero-order chi connectivity index (χ0) is 20.8. The van der Waals surface area contributed by atoms with Crippen LogP contribution < -0.4 is 0 Å². The molecule has 2 amide bonds. The van der Waals surface area contributed by atoms with Crippen LogP contribution in [0.1, 0.15) is 63.5 Å². The number of likely N-dealkylation sites (tertiary alicyclic amines) is 1. The van der Waals surface area contributed by atoms with Crippen LogP contribution in [0.15, 0.2) is 24.3 Å². The lowest BCUT2D eigenvalue weighted by atomic mass is 9.95. The Labute approximate surface area is 176 Å². The molecule has 2 heterocycles. The van der Waals surface area contributed by atoms with Crippen molar-refractivity contribution in [2.75, 3.05) is 39.3 Å². The van der Waals surface area contributed by atoms with Gasteiger partial charge in [0.15, 0.2) is 0 Å². The number of piperidine rings is 1. The Morgan fingerprint density at radius 1 is 1.00 bits per heavy atom. The van der Waals surface area contributed by atoms with E-state index in [-0.39, 0.29) is 17.7 Å². The van der Waals surface area contributed by atoms with Crippen LogP contribution in [0, 0.1) is 5.92 Å². The summed E-state index contributed by atoms with van der Waals surface area (Å²) < 4.78 is 0. The quantitative estimate of drug-likeness (QED) is 0.735. The van der Waals surface area contributed by atoms with Gasteiger partial charge in [0.2, 0.25) is 11.8 Å². The van der Waals surface area contributed by atoms with Gasteiger partial charge < -0.3 is 9.80 Å². The Bertz CT molecular complexity index is 678. The third-order valence-corrected chi connectivity index (χ3v) is 6.32. The molecule has 2 fully saturated rings. The number of carbonyl (C=O) groups is 2. The monoisotopic (exact) mass is 399 g/mol. The predicted molar refractivity (Wildman–Crippen MR) is 117 cm³/mol. The van der Waals surface area contributed by atoms with Crippen LogP contribution >= 0.6 is 0 Å². The lowest BCUT2D eigenvalue weighted by Crippen LogP contribution is -2.52. The number of hydrogen-bond acceptors (Lipinski definition) is 3. The lowest BCUT2D eigenvalue weighted by molar-refractivity contribution is -0.142. The van der Waals surface area contributed by atoms with Gasteiger partial charge >= 0.3 is 0 Å². The first kappa shape index (κ1) is 21.8. The summed E-state index contributed by atoms with van der Waals surface area (Å²) in [5.41, 5.74) is 2.72. The maximum Gasteiger partial charge on any atom is 0.227 e. The van der Waals surface area contributed by atoms with Crippen LogP contribution in [0.25, 0.3) is 0 Å². The van der Waals surface area contributed by atoms with Crippen molar-refractivity contribution < 1.29 is 9.59 Å². The average Bonchev–Trinajstić information content (AvgIpc) is 2.74. The first-order valence-corrected chi connectivity index (χ1v) is 11.4. The van der Waals surface area contributed by atoms with Gasteiger partial charge in [-0.05, 0) is 36.3 Å². The normalized spacial score (nSPS) is 20.9. The highest BCUT2D eigenvalue weighted by Crippen LogP contribution is 2.21. The fraction of sp³-hybridized carbons (Fsp3) is 0.667. The SMILES string of the molecule is CCCC(=O)N1CCCC(C(=O)N2CCN(Cc3ccc(C(C)C)cc3)CC2)C1. The van der Waals surface area contributed by atoms with Crippen molar-refractivity contribution in [3.05, 3.63) is 35.4 Å². The summed E-state index contributed by atoms with van der Waals surface area (Å²) >= 11 is 0. The minimum absolute atomic E-state index is 0.0142. The Balaban J connectivity index is 1.47. The van der Waals surface area contributed by atoms with Crippen molar-refractivity contribution in [2.45, 2.75) is 58.9 Å². The van der Waals surface area contributed by atoms with Crippen molar-refractivity contribution in [1.29, 1.82) is 0 Å². The summed E-state index contributed by atoms with van der Waals surface area (Å²) in [6.45, 7) is 12.3. The molecule has 2 aliphatic heterocycles. The molecule has 3 rings (SSSR count). The standard InChI is InChI=1S/C24H37N3O2/c1-4-6-23(28)27-12-5-7-22(18-27)24(29)26-15-13-25(14-16-26)17-20-8-10-21(11-9-20)19(2)3/h8-11,19,22H,4-7,12-18H2,1-3H3. The average molecular weight is 400 g/mol. The van der Waals surface area contributed by atoms with Gasteiger partial charge in [0.05, 0.1) is 5.92 Å². The molecule has 0 bridgehead atoms. The molecule has 29 heavy (non-hydrogen) atoms. The second-order valence-electron chi connectivity index (χ2n) is 8.93. The van der Waals surface area contributed by atoms with E-state index in [9.17, 15) is 9.59 Å². The van der Waals surface area contributed by atoms with Gasteiger partial charge in [0, 0.05) is 52.2 Å². The zero-order valence-corrected chi connectivity index (χ0v) is 18.4. The molecule has 5 heteroatoms. The van der Waals surface area contributed by atoms with Gasteiger partial charge in [0.25, 0.3) is 0 Å². The van der Waals surface area contributed by atoms with Crippen LogP contribution in [0.3, 0.4) is 0 Å². The molecule has 1 unspecified atom stereocenters. The van der Waals surface area contributed by atoms with Crippen LogP contribution in [-0.2, 0) is 16.1 Å². The zero-order valence-electron chi connectivity index (χ0n) is 18.4. The van der Waals surface area contributed by atoms with Crippen molar-refractivity contribution in [2.24, 2.45) is 5.92 Å². The van der Waals surface area contributed by atoms with E-state index in [4.69, 9.17) is 0 Å². The largest absolute Gasteiger partial charge is 0.342 e. The minimum atomic E-state index is -0.0142. The third-order valence-electron chi connectivity index (χ3n) is 6.32. The smallest absolute Gasteiger partial charge is 0.227 e. The molecule has 2 saturated heterocycles.